The number of rotatable bonds is 11. The van der Waals surface area contributed by atoms with Gasteiger partial charge < -0.3 is 15.0 Å². The number of halogens is 2. The molecule has 7 heteroatoms. The fourth-order valence-corrected chi connectivity index (χ4v) is 4.43. The maximum Gasteiger partial charge on any atom is 0.261 e. The summed E-state index contributed by atoms with van der Waals surface area (Å²) in [6.07, 6.45) is 0.335. The SMILES string of the molecule is Cc1ccc(C)c(OCC(=O)N(Cc2c(Cl)cccc2Cl)C(Cc2ccccc2)C(=O)NCC(C)C)c1. The molecule has 0 spiro atoms. The number of aryl methyl sites for hydroxylation is 2. The van der Waals surface area contributed by atoms with Crippen LogP contribution in [0.1, 0.15) is 36.1 Å². The smallest absolute Gasteiger partial charge is 0.261 e. The van der Waals surface area contributed by atoms with Gasteiger partial charge in [0.1, 0.15) is 11.8 Å². The molecule has 3 rings (SSSR count). The van der Waals surface area contributed by atoms with E-state index in [1.54, 1.807) is 18.2 Å². The molecule has 0 saturated carbocycles. The monoisotopic (exact) mass is 540 g/mol. The minimum absolute atomic E-state index is 0.0695. The lowest BCUT2D eigenvalue weighted by atomic mass is 10.0. The molecule has 1 atom stereocenters. The molecule has 0 saturated heterocycles. The van der Waals surface area contributed by atoms with Gasteiger partial charge in [0, 0.05) is 35.1 Å². The first-order chi connectivity index (χ1) is 17.7. The van der Waals surface area contributed by atoms with Crippen LogP contribution in [0.3, 0.4) is 0 Å². The van der Waals surface area contributed by atoms with Crippen molar-refractivity contribution in [2.24, 2.45) is 5.92 Å². The third-order valence-electron chi connectivity index (χ3n) is 6.04. The number of ether oxygens (including phenoxy) is 1. The van der Waals surface area contributed by atoms with E-state index in [-0.39, 0.29) is 30.9 Å². The molecule has 5 nitrogen and oxygen atoms in total. The van der Waals surface area contributed by atoms with Crippen molar-refractivity contribution in [3.8, 4) is 5.75 Å². The average Bonchev–Trinajstić information content (AvgIpc) is 2.87. The van der Waals surface area contributed by atoms with E-state index in [1.807, 2.05) is 76.2 Å². The number of nitrogens with zero attached hydrogens (tertiary/aromatic N) is 1. The molecule has 0 fully saturated rings. The Morgan fingerprint density at radius 2 is 1.62 bits per heavy atom. The number of carbonyl (C=O) groups excluding carboxylic acids is 2. The van der Waals surface area contributed by atoms with Crippen LogP contribution in [0.5, 0.6) is 5.75 Å². The van der Waals surface area contributed by atoms with Crippen molar-refractivity contribution < 1.29 is 14.3 Å². The van der Waals surface area contributed by atoms with Gasteiger partial charge in [-0.25, -0.2) is 0 Å². The van der Waals surface area contributed by atoms with Crippen molar-refractivity contribution in [2.45, 2.75) is 46.7 Å². The zero-order valence-corrected chi connectivity index (χ0v) is 23.3. The molecule has 196 valence electrons. The van der Waals surface area contributed by atoms with Crippen LogP contribution >= 0.6 is 23.2 Å². The maximum absolute atomic E-state index is 13.7. The highest BCUT2D eigenvalue weighted by molar-refractivity contribution is 6.36. The van der Waals surface area contributed by atoms with Crippen LogP contribution in [-0.4, -0.2) is 35.9 Å². The van der Waals surface area contributed by atoms with Crippen LogP contribution < -0.4 is 10.1 Å². The highest BCUT2D eigenvalue weighted by atomic mass is 35.5. The van der Waals surface area contributed by atoms with Crippen molar-refractivity contribution in [3.63, 3.8) is 0 Å². The summed E-state index contributed by atoms with van der Waals surface area (Å²) in [5.41, 5.74) is 3.48. The van der Waals surface area contributed by atoms with E-state index in [1.165, 1.54) is 4.90 Å². The van der Waals surface area contributed by atoms with Gasteiger partial charge in [-0.05, 0) is 54.7 Å². The molecule has 0 aromatic heterocycles. The normalized spacial score (nSPS) is 11.8. The first kappa shape index (κ1) is 28.5. The van der Waals surface area contributed by atoms with Crippen LogP contribution in [0, 0.1) is 19.8 Å². The summed E-state index contributed by atoms with van der Waals surface area (Å²) in [5, 5.41) is 3.87. The molecule has 0 aliphatic heterocycles. The third kappa shape index (κ3) is 8.24. The van der Waals surface area contributed by atoms with Gasteiger partial charge in [0.25, 0.3) is 5.91 Å². The molecule has 37 heavy (non-hydrogen) atoms. The number of hydrogen-bond donors (Lipinski definition) is 1. The highest BCUT2D eigenvalue weighted by Gasteiger charge is 2.31. The Morgan fingerprint density at radius 1 is 0.946 bits per heavy atom. The Morgan fingerprint density at radius 3 is 2.27 bits per heavy atom. The molecular formula is C30H34Cl2N2O3. The summed E-state index contributed by atoms with van der Waals surface area (Å²) < 4.78 is 5.95. The maximum atomic E-state index is 13.7. The molecule has 1 unspecified atom stereocenters. The van der Waals surface area contributed by atoms with Crippen LogP contribution in [-0.2, 0) is 22.6 Å². The quantitative estimate of drug-likeness (QED) is 0.306. The molecule has 0 aliphatic rings. The standard InChI is InChI=1S/C30H34Cl2N2O3/c1-20(2)17-33-30(36)27(16-23-9-6-5-7-10-23)34(18-24-25(31)11-8-12-26(24)32)29(35)19-37-28-15-21(3)13-14-22(28)4/h5-15,20,27H,16-19H2,1-4H3,(H,33,36). The van der Waals surface area contributed by atoms with Gasteiger partial charge in [-0.1, -0.05) is 85.6 Å². The Labute approximate surface area is 229 Å². The Bertz CT molecular complexity index is 1190. The van der Waals surface area contributed by atoms with Gasteiger partial charge in [0.15, 0.2) is 6.61 Å². The summed E-state index contributed by atoms with van der Waals surface area (Å²) in [6, 6.07) is 19.9. The van der Waals surface area contributed by atoms with E-state index in [0.717, 1.165) is 16.7 Å². The van der Waals surface area contributed by atoms with Gasteiger partial charge in [-0.15, -0.1) is 0 Å². The predicted molar refractivity (Wildman–Crippen MR) is 150 cm³/mol. The van der Waals surface area contributed by atoms with Crippen molar-refractivity contribution in [1.82, 2.24) is 10.2 Å². The van der Waals surface area contributed by atoms with Crippen LogP contribution in [0.4, 0.5) is 0 Å². The van der Waals surface area contributed by atoms with Crippen molar-refractivity contribution in [2.75, 3.05) is 13.2 Å². The average molecular weight is 542 g/mol. The van der Waals surface area contributed by atoms with Crippen LogP contribution in [0.25, 0.3) is 0 Å². The summed E-state index contributed by atoms with van der Waals surface area (Å²) >= 11 is 13.0. The Balaban J connectivity index is 1.97. The first-order valence-electron chi connectivity index (χ1n) is 12.4. The molecule has 0 radical (unpaired) electrons. The van der Waals surface area contributed by atoms with Crippen molar-refractivity contribution >= 4 is 35.0 Å². The van der Waals surface area contributed by atoms with Gasteiger partial charge in [0.05, 0.1) is 0 Å². The fraction of sp³-hybridized carbons (Fsp3) is 0.333. The topological polar surface area (TPSA) is 58.6 Å². The molecule has 1 N–H and O–H groups in total. The summed E-state index contributed by atoms with van der Waals surface area (Å²) in [7, 11) is 0. The lowest BCUT2D eigenvalue weighted by molar-refractivity contribution is -0.142. The van der Waals surface area contributed by atoms with E-state index < -0.39 is 6.04 Å². The second kappa shape index (κ2) is 13.5. The number of benzene rings is 3. The lowest BCUT2D eigenvalue weighted by Gasteiger charge is -2.32. The van der Waals surface area contributed by atoms with Gasteiger partial charge in [-0.2, -0.15) is 0 Å². The van der Waals surface area contributed by atoms with Gasteiger partial charge in [0.2, 0.25) is 5.91 Å². The van der Waals surface area contributed by atoms with Crippen LogP contribution in [0.2, 0.25) is 10.0 Å². The van der Waals surface area contributed by atoms with E-state index in [0.29, 0.717) is 34.3 Å². The third-order valence-corrected chi connectivity index (χ3v) is 6.75. The molecule has 0 aliphatic carbocycles. The molecule has 0 bridgehead atoms. The van der Waals surface area contributed by atoms with Gasteiger partial charge in [-0.3, -0.25) is 9.59 Å². The highest BCUT2D eigenvalue weighted by Crippen LogP contribution is 2.27. The zero-order chi connectivity index (χ0) is 26.9. The molecule has 0 heterocycles. The summed E-state index contributed by atoms with van der Waals surface area (Å²) in [4.78, 5) is 28.8. The van der Waals surface area contributed by atoms with E-state index in [2.05, 4.69) is 5.32 Å². The van der Waals surface area contributed by atoms with E-state index in [9.17, 15) is 9.59 Å². The largest absolute Gasteiger partial charge is 0.483 e. The summed E-state index contributed by atoms with van der Waals surface area (Å²) in [5.74, 6) is 0.322. The molecule has 3 aromatic rings. The lowest BCUT2D eigenvalue weighted by Crippen LogP contribution is -2.52. The number of nitrogens with one attached hydrogen (secondary N) is 1. The minimum atomic E-state index is -0.789. The first-order valence-corrected chi connectivity index (χ1v) is 13.1. The van der Waals surface area contributed by atoms with Crippen molar-refractivity contribution in [1.29, 1.82) is 0 Å². The minimum Gasteiger partial charge on any atom is -0.483 e. The molecule has 2 amide bonds. The predicted octanol–water partition coefficient (Wildman–Crippen LogP) is 6.40. The Hall–Kier alpha value is -3.02. The van der Waals surface area contributed by atoms with E-state index in [4.69, 9.17) is 27.9 Å². The number of hydrogen-bond acceptors (Lipinski definition) is 3. The van der Waals surface area contributed by atoms with E-state index >= 15 is 0 Å². The summed E-state index contributed by atoms with van der Waals surface area (Å²) in [6.45, 7) is 8.29. The number of amides is 2. The van der Waals surface area contributed by atoms with Crippen molar-refractivity contribution in [3.05, 3.63) is 99.0 Å². The number of carbonyl (C=O) groups is 2. The molecular weight excluding hydrogens is 507 g/mol. The Kier molecular flexibility index (Phi) is 10.4. The van der Waals surface area contributed by atoms with Gasteiger partial charge >= 0.3 is 0 Å². The fourth-order valence-electron chi connectivity index (χ4n) is 3.92. The second-order valence-corrected chi connectivity index (χ2v) is 10.4. The van der Waals surface area contributed by atoms with Crippen LogP contribution in [0.15, 0.2) is 66.7 Å². The molecule has 3 aromatic carbocycles. The second-order valence-electron chi connectivity index (χ2n) is 9.62. The zero-order valence-electron chi connectivity index (χ0n) is 21.8.